The van der Waals surface area contributed by atoms with Crippen LogP contribution in [0.4, 0.5) is 13.2 Å². The molecule has 1 aliphatic rings. The Morgan fingerprint density at radius 2 is 2.12 bits per heavy atom. The Labute approximate surface area is 104 Å². The maximum atomic E-state index is 12.1. The van der Waals surface area contributed by atoms with Crippen LogP contribution >= 0.6 is 15.9 Å². The lowest BCUT2D eigenvalue weighted by Gasteiger charge is -2.18. The third kappa shape index (κ3) is 2.91. The molecule has 0 heterocycles. The van der Waals surface area contributed by atoms with E-state index in [0.29, 0.717) is 5.33 Å². The molecule has 2 atom stereocenters. The predicted molar refractivity (Wildman–Crippen MR) is 55.5 cm³/mol. The van der Waals surface area contributed by atoms with E-state index >= 15 is 0 Å². The number of ether oxygens (including phenoxy) is 1. The number of esters is 1. The Kier molecular flexibility index (Phi) is 4.06. The molecule has 1 aliphatic carbocycles. The summed E-state index contributed by atoms with van der Waals surface area (Å²) in [6, 6.07) is 0. The Morgan fingerprint density at radius 1 is 1.53 bits per heavy atom. The van der Waals surface area contributed by atoms with Crippen molar-refractivity contribution in [2.24, 2.45) is 5.92 Å². The molecule has 0 unspecified atom stereocenters. The van der Waals surface area contributed by atoms with Crippen molar-refractivity contribution in [1.29, 1.82) is 0 Å². The SMILES string of the molecule is CCOC(=O)[C@@]1(NC(=O)C(F)(F)F)C[C@H]1CBr. The van der Waals surface area contributed by atoms with Crippen molar-refractivity contribution in [3.05, 3.63) is 0 Å². The van der Waals surface area contributed by atoms with Crippen LogP contribution in [0.15, 0.2) is 0 Å². The molecule has 0 aromatic rings. The van der Waals surface area contributed by atoms with Gasteiger partial charge in [0.25, 0.3) is 0 Å². The maximum absolute atomic E-state index is 12.1. The van der Waals surface area contributed by atoms with Gasteiger partial charge in [0, 0.05) is 11.2 Å². The van der Waals surface area contributed by atoms with Gasteiger partial charge in [-0.3, -0.25) is 4.79 Å². The van der Waals surface area contributed by atoms with E-state index in [2.05, 4.69) is 20.7 Å². The molecule has 1 amide bonds. The van der Waals surface area contributed by atoms with Gasteiger partial charge in [-0.05, 0) is 13.3 Å². The quantitative estimate of drug-likeness (QED) is 0.629. The van der Waals surface area contributed by atoms with Gasteiger partial charge >= 0.3 is 18.1 Å². The average molecular weight is 318 g/mol. The Balaban J connectivity index is 2.75. The monoisotopic (exact) mass is 317 g/mol. The van der Waals surface area contributed by atoms with Gasteiger partial charge in [-0.15, -0.1) is 0 Å². The lowest BCUT2D eigenvalue weighted by atomic mass is 10.2. The zero-order valence-electron chi connectivity index (χ0n) is 8.94. The molecule has 0 saturated heterocycles. The van der Waals surface area contributed by atoms with Gasteiger partial charge in [0.1, 0.15) is 5.54 Å². The number of alkyl halides is 4. The zero-order valence-corrected chi connectivity index (χ0v) is 10.5. The summed E-state index contributed by atoms with van der Waals surface area (Å²) >= 11 is 3.07. The molecule has 0 spiro atoms. The standard InChI is InChI=1S/C9H11BrF3NO3/c1-2-17-7(16)8(3-5(8)4-10)14-6(15)9(11,12)13/h5H,2-4H2,1H3,(H,14,15)/t5-,8+/m0/s1. The van der Waals surface area contributed by atoms with Crippen molar-refractivity contribution >= 4 is 27.8 Å². The molecule has 1 fully saturated rings. The first kappa shape index (κ1) is 14.3. The van der Waals surface area contributed by atoms with Crippen molar-refractivity contribution < 1.29 is 27.5 Å². The fourth-order valence-electron chi connectivity index (χ4n) is 1.50. The van der Waals surface area contributed by atoms with Crippen LogP contribution in [0.1, 0.15) is 13.3 Å². The van der Waals surface area contributed by atoms with Gasteiger partial charge in [0.05, 0.1) is 6.61 Å². The van der Waals surface area contributed by atoms with Crippen LogP contribution in [-0.2, 0) is 14.3 Å². The van der Waals surface area contributed by atoms with E-state index < -0.39 is 23.6 Å². The van der Waals surface area contributed by atoms with E-state index in [0.717, 1.165) is 0 Å². The second-order valence-electron chi connectivity index (χ2n) is 3.70. The number of hydrogen-bond donors (Lipinski definition) is 1. The van der Waals surface area contributed by atoms with E-state index in [1.807, 2.05) is 0 Å². The van der Waals surface area contributed by atoms with Gasteiger partial charge in [0.15, 0.2) is 0 Å². The predicted octanol–water partition coefficient (Wildman–Crippen LogP) is 1.38. The van der Waals surface area contributed by atoms with E-state index in [1.54, 1.807) is 12.2 Å². The minimum absolute atomic E-state index is 0.0531. The minimum atomic E-state index is -5.00. The highest BCUT2D eigenvalue weighted by Gasteiger charge is 2.63. The molecule has 1 rings (SSSR count). The third-order valence-electron chi connectivity index (χ3n) is 2.53. The Bertz CT molecular complexity index is 334. The van der Waals surface area contributed by atoms with Gasteiger partial charge in [-0.1, -0.05) is 15.9 Å². The summed E-state index contributed by atoms with van der Waals surface area (Å²) in [5.74, 6) is -3.30. The molecule has 0 aromatic heterocycles. The molecule has 0 bridgehead atoms. The lowest BCUT2D eigenvalue weighted by Crippen LogP contribution is -2.50. The molecular weight excluding hydrogens is 307 g/mol. The average Bonchev–Trinajstić information content (AvgIpc) is 2.92. The summed E-state index contributed by atoms with van der Waals surface area (Å²) in [7, 11) is 0. The van der Waals surface area contributed by atoms with Crippen molar-refractivity contribution in [3.8, 4) is 0 Å². The van der Waals surface area contributed by atoms with Gasteiger partial charge in [-0.2, -0.15) is 13.2 Å². The molecule has 98 valence electrons. The normalized spacial score (nSPS) is 27.5. The Hall–Kier alpha value is -0.790. The van der Waals surface area contributed by atoms with E-state index in [9.17, 15) is 22.8 Å². The van der Waals surface area contributed by atoms with Crippen LogP contribution in [0.2, 0.25) is 0 Å². The third-order valence-corrected chi connectivity index (χ3v) is 3.31. The molecule has 1 saturated carbocycles. The topological polar surface area (TPSA) is 55.4 Å². The van der Waals surface area contributed by atoms with Crippen LogP contribution < -0.4 is 5.32 Å². The summed E-state index contributed by atoms with van der Waals surface area (Å²) in [4.78, 5) is 22.4. The summed E-state index contributed by atoms with van der Waals surface area (Å²) in [5.41, 5.74) is -1.52. The second kappa shape index (κ2) is 4.83. The molecule has 4 nitrogen and oxygen atoms in total. The number of amides is 1. The molecular formula is C9H11BrF3NO3. The van der Waals surface area contributed by atoms with Crippen molar-refractivity contribution in [3.63, 3.8) is 0 Å². The number of rotatable bonds is 4. The molecule has 0 radical (unpaired) electrons. The first-order valence-electron chi connectivity index (χ1n) is 4.90. The smallest absolute Gasteiger partial charge is 0.464 e. The minimum Gasteiger partial charge on any atom is -0.464 e. The van der Waals surface area contributed by atoms with Crippen LogP contribution in [0, 0.1) is 5.92 Å². The zero-order chi connectivity index (χ0) is 13.3. The lowest BCUT2D eigenvalue weighted by molar-refractivity contribution is -0.176. The highest BCUT2D eigenvalue weighted by Crippen LogP contribution is 2.46. The molecule has 17 heavy (non-hydrogen) atoms. The fraction of sp³-hybridized carbons (Fsp3) is 0.778. The number of carbonyl (C=O) groups excluding carboxylic acids is 2. The maximum Gasteiger partial charge on any atom is 0.471 e. The van der Waals surface area contributed by atoms with Crippen LogP contribution in [-0.4, -0.2) is 35.5 Å². The van der Waals surface area contributed by atoms with Crippen molar-refractivity contribution in [2.45, 2.75) is 25.1 Å². The highest BCUT2D eigenvalue weighted by molar-refractivity contribution is 9.09. The van der Waals surface area contributed by atoms with Crippen molar-refractivity contribution in [2.75, 3.05) is 11.9 Å². The fourth-order valence-corrected chi connectivity index (χ4v) is 2.29. The number of hydrogen-bond acceptors (Lipinski definition) is 3. The molecule has 1 N–H and O–H groups in total. The molecule has 8 heteroatoms. The Morgan fingerprint density at radius 3 is 2.47 bits per heavy atom. The van der Waals surface area contributed by atoms with Crippen LogP contribution in [0.25, 0.3) is 0 Å². The number of carbonyl (C=O) groups is 2. The number of halogens is 4. The van der Waals surface area contributed by atoms with E-state index in [4.69, 9.17) is 0 Å². The van der Waals surface area contributed by atoms with Crippen LogP contribution in [0.3, 0.4) is 0 Å². The van der Waals surface area contributed by atoms with E-state index in [-0.39, 0.29) is 18.9 Å². The summed E-state index contributed by atoms with van der Waals surface area (Å²) in [6.07, 6.45) is -4.85. The summed E-state index contributed by atoms with van der Waals surface area (Å²) < 4.78 is 41.0. The largest absolute Gasteiger partial charge is 0.471 e. The molecule has 0 aliphatic heterocycles. The summed E-state index contributed by atoms with van der Waals surface area (Å²) in [6.45, 7) is 1.60. The van der Waals surface area contributed by atoms with Crippen LogP contribution in [0.5, 0.6) is 0 Å². The van der Waals surface area contributed by atoms with E-state index in [1.165, 1.54) is 0 Å². The summed E-state index contributed by atoms with van der Waals surface area (Å²) in [5, 5.41) is 2.05. The van der Waals surface area contributed by atoms with Gasteiger partial charge < -0.3 is 10.1 Å². The van der Waals surface area contributed by atoms with Crippen molar-refractivity contribution in [1.82, 2.24) is 5.32 Å². The number of nitrogens with one attached hydrogen (secondary N) is 1. The first-order chi connectivity index (χ1) is 7.78. The molecule has 0 aromatic carbocycles. The van der Waals surface area contributed by atoms with Gasteiger partial charge in [0.2, 0.25) is 0 Å². The highest BCUT2D eigenvalue weighted by atomic mass is 79.9. The second-order valence-corrected chi connectivity index (χ2v) is 4.35. The van der Waals surface area contributed by atoms with Gasteiger partial charge in [-0.25, -0.2) is 4.79 Å². The first-order valence-corrected chi connectivity index (χ1v) is 6.02.